The Kier molecular flexibility index (Phi) is 4.25. The number of hydrogen-bond acceptors (Lipinski definition) is 3. The Morgan fingerprint density at radius 1 is 1.50 bits per heavy atom. The average molecular weight is 253 g/mol. The first-order valence-electron chi connectivity index (χ1n) is 5.39. The van der Waals surface area contributed by atoms with E-state index in [2.05, 4.69) is 10.5 Å². The van der Waals surface area contributed by atoms with Crippen LogP contribution in [0.3, 0.4) is 0 Å². The summed E-state index contributed by atoms with van der Waals surface area (Å²) < 4.78 is 13.3. The van der Waals surface area contributed by atoms with E-state index in [0.29, 0.717) is 5.56 Å². The topological polar surface area (TPSA) is 87.7 Å². The van der Waals surface area contributed by atoms with Gasteiger partial charge >= 0.3 is 0 Å². The molecule has 0 aliphatic rings. The quantitative estimate of drug-likeness (QED) is 0.326. The van der Waals surface area contributed by atoms with Crippen molar-refractivity contribution in [3.63, 3.8) is 0 Å². The van der Waals surface area contributed by atoms with Crippen LogP contribution in [0.2, 0.25) is 0 Å². The third kappa shape index (κ3) is 2.97. The van der Waals surface area contributed by atoms with Crippen LogP contribution in [-0.4, -0.2) is 17.0 Å². The van der Waals surface area contributed by atoms with Gasteiger partial charge in [-0.25, -0.2) is 4.39 Å². The Bertz CT molecular complexity index is 472. The zero-order valence-corrected chi connectivity index (χ0v) is 10.3. The largest absolute Gasteiger partial charge is 0.409 e. The number of rotatable bonds is 4. The predicted octanol–water partition coefficient (Wildman–Crippen LogP) is 1.21. The number of hydrogen-bond donors (Lipinski definition) is 3. The molecule has 1 aromatic rings. The maximum atomic E-state index is 13.3. The van der Waals surface area contributed by atoms with E-state index in [1.165, 1.54) is 19.9 Å². The van der Waals surface area contributed by atoms with E-state index < -0.39 is 11.3 Å². The molecule has 18 heavy (non-hydrogen) atoms. The van der Waals surface area contributed by atoms with Crippen molar-refractivity contribution < 1.29 is 14.4 Å². The van der Waals surface area contributed by atoms with E-state index in [9.17, 15) is 9.18 Å². The summed E-state index contributed by atoms with van der Waals surface area (Å²) in [6, 6.07) is 6.14. The van der Waals surface area contributed by atoms with Crippen LogP contribution >= 0.6 is 0 Å². The Hall–Kier alpha value is -2.11. The lowest BCUT2D eigenvalue weighted by Gasteiger charge is -2.21. The molecule has 1 aromatic carbocycles. The van der Waals surface area contributed by atoms with Crippen LogP contribution < -0.4 is 11.1 Å². The summed E-state index contributed by atoms with van der Waals surface area (Å²) in [6.07, 6.45) is 0. The minimum atomic E-state index is -1.15. The first-order valence-corrected chi connectivity index (χ1v) is 5.39. The monoisotopic (exact) mass is 253 g/mol. The van der Waals surface area contributed by atoms with Crippen LogP contribution in [-0.2, 0) is 11.3 Å². The van der Waals surface area contributed by atoms with E-state index in [1.807, 2.05) is 0 Å². The second-order valence-corrected chi connectivity index (χ2v) is 4.38. The number of nitrogens with zero attached hydrogens (tertiary/aromatic N) is 1. The van der Waals surface area contributed by atoms with Gasteiger partial charge < -0.3 is 16.3 Å². The summed E-state index contributed by atoms with van der Waals surface area (Å²) in [5.41, 5.74) is 4.64. The maximum Gasteiger partial charge on any atom is 0.233 e. The van der Waals surface area contributed by atoms with E-state index in [0.717, 1.165) is 0 Å². The summed E-state index contributed by atoms with van der Waals surface area (Å²) in [5, 5.41) is 13.9. The first-order chi connectivity index (χ1) is 8.39. The maximum absolute atomic E-state index is 13.3. The summed E-state index contributed by atoms with van der Waals surface area (Å²) in [6.45, 7) is 3.07. The van der Waals surface area contributed by atoms with Gasteiger partial charge in [-0.2, -0.15) is 0 Å². The molecule has 0 unspecified atom stereocenters. The van der Waals surface area contributed by atoms with Crippen molar-refractivity contribution in [2.75, 3.05) is 0 Å². The van der Waals surface area contributed by atoms with E-state index in [4.69, 9.17) is 10.9 Å². The van der Waals surface area contributed by atoms with E-state index >= 15 is 0 Å². The van der Waals surface area contributed by atoms with Crippen LogP contribution in [0.4, 0.5) is 4.39 Å². The number of oxime groups is 1. The molecule has 0 atom stereocenters. The normalized spacial score (nSPS) is 12.3. The van der Waals surface area contributed by atoms with Crippen LogP contribution in [0.5, 0.6) is 0 Å². The SMILES string of the molecule is CC(C)(C(=O)NCc1ccccc1F)C(N)=NO. The molecule has 4 N–H and O–H groups in total. The Labute approximate surface area is 104 Å². The molecule has 0 radical (unpaired) electrons. The molecule has 0 aliphatic heterocycles. The van der Waals surface area contributed by atoms with Crippen molar-refractivity contribution >= 4 is 11.7 Å². The number of carbonyl (C=O) groups is 1. The zero-order valence-electron chi connectivity index (χ0n) is 10.3. The second kappa shape index (κ2) is 5.48. The van der Waals surface area contributed by atoms with Gasteiger partial charge in [0.25, 0.3) is 0 Å². The molecule has 0 saturated heterocycles. The number of amides is 1. The molecule has 0 heterocycles. The number of nitrogens with one attached hydrogen (secondary N) is 1. The van der Waals surface area contributed by atoms with Crippen LogP contribution in [0.1, 0.15) is 19.4 Å². The fraction of sp³-hybridized carbons (Fsp3) is 0.333. The molecule has 0 fully saturated rings. The molecule has 1 rings (SSSR count). The van der Waals surface area contributed by atoms with Crippen LogP contribution in [0.15, 0.2) is 29.4 Å². The molecule has 1 amide bonds. The Morgan fingerprint density at radius 3 is 2.67 bits per heavy atom. The third-order valence-corrected chi connectivity index (χ3v) is 2.71. The molecule has 98 valence electrons. The minimum Gasteiger partial charge on any atom is -0.409 e. The summed E-state index contributed by atoms with van der Waals surface area (Å²) >= 11 is 0. The van der Waals surface area contributed by atoms with Crippen molar-refractivity contribution in [3.8, 4) is 0 Å². The van der Waals surface area contributed by atoms with Gasteiger partial charge in [0.2, 0.25) is 5.91 Å². The molecular weight excluding hydrogens is 237 g/mol. The highest BCUT2D eigenvalue weighted by Crippen LogP contribution is 2.16. The van der Waals surface area contributed by atoms with Gasteiger partial charge in [0.1, 0.15) is 11.2 Å². The van der Waals surface area contributed by atoms with Crippen LogP contribution in [0, 0.1) is 11.2 Å². The molecule has 0 spiro atoms. The lowest BCUT2D eigenvalue weighted by molar-refractivity contribution is -0.126. The number of nitrogens with two attached hydrogens (primary N) is 1. The number of benzene rings is 1. The minimum absolute atomic E-state index is 0.0493. The number of carbonyl (C=O) groups excluding carboxylic acids is 1. The highest BCUT2D eigenvalue weighted by Gasteiger charge is 2.32. The van der Waals surface area contributed by atoms with Gasteiger partial charge in [-0.3, -0.25) is 4.79 Å². The predicted molar refractivity (Wildman–Crippen MR) is 65.4 cm³/mol. The fourth-order valence-electron chi connectivity index (χ4n) is 1.28. The summed E-state index contributed by atoms with van der Waals surface area (Å²) in [4.78, 5) is 11.8. The van der Waals surface area contributed by atoms with Crippen molar-refractivity contribution in [3.05, 3.63) is 35.6 Å². The average Bonchev–Trinajstić information content (AvgIpc) is 2.36. The van der Waals surface area contributed by atoms with Crippen LogP contribution in [0.25, 0.3) is 0 Å². The van der Waals surface area contributed by atoms with Gasteiger partial charge in [0.05, 0.1) is 0 Å². The van der Waals surface area contributed by atoms with Gasteiger partial charge in [-0.15, -0.1) is 0 Å². The van der Waals surface area contributed by atoms with Crippen molar-refractivity contribution in [2.45, 2.75) is 20.4 Å². The number of halogens is 1. The molecular formula is C12H16FN3O2. The van der Waals surface area contributed by atoms with Gasteiger partial charge in [0, 0.05) is 12.1 Å². The smallest absolute Gasteiger partial charge is 0.233 e. The number of amidine groups is 1. The highest BCUT2D eigenvalue weighted by atomic mass is 19.1. The summed E-state index contributed by atoms with van der Waals surface area (Å²) in [7, 11) is 0. The lowest BCUT2D eigenvalue weighted by atomic mass is 9.91. The highest BCUT2D eigenvalue weighted by molar-refractivity contribution is 6.05. The molecule has 0 aliphatic carbocycles. The molecule has 0 bridgehead atoms. The second-order valence-electron chi connectivity index (χ2n) is 4.38. The molecule has 5 nitrogen and oxygen atoms in total. The lowest BCUT2D eigenvalue weighted by Crippen LogP contribution is -2.45. The zero-order chi connectivity index (χ0) is 13.8. The van der Waals surface area contributed by atoms with Gasteiger partial charge in [-0.1, -0.05) is 23.4 Å². The Morgan fingerprint density at radius 2 is 2.11 bits per heavy atom. The molecule has 0 aromatic heterocycles. The van der Waals surface area contributed by atoms with Gasteiger partial charge in [0.15, 0.2) is 5.84 Å². The van der Waals surface area contributed by atoms with E-state index in [1.54, 1.807) is 18.2 Å². The standard InChI is InChI=1S/C12H16FN3O2/c1-12(2,10(14)16-18)11(17)15-7-8-5-3-4-6-9(8)13/h3-6,18H,7H2,1-2H3,(H2,14,16)(H,15,17). The van der Waals surface area contributed by atoms with Crippen molar-refractivity contribution in [2.24, 2.45) is 16.3 Å². The first kappa shape index (κ1) is 14.0. The Balaban J connectivity index is 2.70. The van der Waals surface area contributed by atoms with Crippen molar-refractivity contribution in [1.29, 1.82) is 0 Å². The van der Waals surface area contributed by atoms with Gasteiger partial charge in [-0.05, 0) is 19.9 Å². The van der Waals surface area contributed by atoms with Crippen molar-refractivity contribution in [1.82, 2.24) is 5.32 Å². The van der Waals surface area contributed by atoms with E-state index in [-0.39, 0.29) is 18.2 Å². The molecule has 0 saturated carbocycles. The third-order valence-electron chi connectivity index (χ3n) is 2.71. The molecule has 6 heteroatoms. The summed E-state index contributed by atoms with van der Waals surface area (Å²) in [5.74, 6) is -1.03. The fourth-order valence-corrected chi connectivity index (χ4v) is 1.28.